The molecule has 3 N–H and O–H groups in total. The third-order valence-electron chi connectivity index (χ3n) is 2.02. The van der Waals surface area contributed by atoms with Crippen molar-refractivity contribution in [1.82, 2.24) is 10.6 Å². The van der Waals surface area contributed by atoms with E-state index in [-0.39, 0.29) is 6.03 Å². The molecule has 15 heavy (non-hydrogen) atoms. The molecule has 0 aliphatic rings. The summed E-state index contributed by atoms with van der Waals surface area (Å²) in [6.45, 7) is 3.89. The van der Waals surface area contributed by atoms with Gasteiger partial charge >= 0.3 is 6.03 Å². The summed E-state index contributed by atoms with van der Waals surface area (Å²) >= 11 is 0. The molecule has 0 fully saturated rings. The second kappa shape index (κ2) is 6.03. The fraction of sp³-hybridized carbons (Fsp3) is 0.364. The summed E-state index contributed by atoms with van der Waals surface area (Å²) in [5.74, 6) is 0. The van der Waals surface area contributed by atoms with Crippen LogP contribution in [-0.4, -0.2) is 19.6 Å². The van der Waals surface area contributed by atoms with E-state index in [9.17, 15) is 4.79 Å². The first-order chi connectivity index (χ1) is 7.26. The Balaban J connectivity index is 2.52. The maximum atomic E-state index is 11.0. The van der Waals surface area contributed by atoms with Crippen LogP contribution in [0.25, 0.3) is 0 Å². The highest BCUT2D eigenvalue weighted by Crippen LogP contribution is 2.08. The summed E-state index contributed by atoms with van der Waals surface area (Å²) < 4.78 is 0. The molecule has 0 atom stereocenters. The number of carbonyl (C=O) groups is 1. The first-order valence-electron chi connectivity index (χ1n) is 5.04. The molecule has 0 aliphatic carbocycles. The van der Waals surface area contributed by atoms with Gasteiger partial charge in [0.15, 0.2) is 0 Å². The van der Waals surface area contributed by atoms with Gasteiger partial charge in [0.2, 0.25) is 0 Å². The van der Waals surface area contributed by atoms with Gasteiger partial charge in [-0.2, -0.15) is 0 Å². The van der Waals surface area contributed by atoms with Crippen molar-refractivity contribution in [3.8, 4) is 0 Å². The molecular formula is C11H17N3O. The van der Waals surface area contributed by atoms with Crippen LogP contribution in [-0.2, 0) is 6.54 Å². The normalized spacial score (nSPS) is 9.73. The Hall–Kier alpha value is -1.55. The maximum Gasteiger partial charge on any atom is 0.318 e. The molecule has 4 heteroatoms. The molecule has 0 aliphatic heterocycles. The number of hydrogen-bond donors (Lipinski definition) is 3. The van der Waals surface area contributed by atoms with Gasteiger partial charge in [0.1, 0.15) is 0 Å². The van der Waals surface area contributed by atoms with Crippen LogP contribution in [0.5, 0.6) is 0 Å². The topological polar surface area (TPSA) is 53.2 Å². The van der Waals surface area contributed by atoms with Gasteiger partial charge < -0.3 is 16.0 Å². The van der Waals surface area contributed by atoms with Crippen LogP contribution in [0.15, 0.2) is 24.3 Å². The van der Waals surface area contributed by atoms with Crippen molar-refractivity contribution in [2.24, 2.45) is 0 Å². The number of urea groups is 1. The van der Waals surface area contributed by atoms with E-state index in [0.717, 1.165) is 18.8 Å². The van der Waals surface area contributed by atoms with Gasteiger partial charge in [0, 0.05) is 19.3 Å². The number of nitrogens with one attached hydrogen (secondary N) is 3. The van der Waals surface area contributed by atoms with Gasteiger partial charge in [-0.15, -0.1) is 0 Å². The zero-order chi connectivity index (χ0) is 11.1. The van der Waals surface area contributed by atoms with Crippen molar-refractivity contribution in [3.63, 3.8) is 0 Å². The largest absolute Gasteiger partial charge is 0.341 e. The second-order valence-electron chi connectivity index (χ2n) is 3.18. The number of carbonyl (C=O) groups excluding carboxylic acids is 1. The predicted octanol–water partition coefficient (Wildman–Crippen LogP) is 1.55. The van der Waals surface area contributed by atoms with Gasteiger partial charge in [0.25, 0.3) is 0 Å². The molecule has 1 aromatic rings. The maximum absolute atomic E-state index is 11.0. The number of hydrogen-bond acceptors (Lipinski definition) is 2. The monoisotopic (exact) mass is 207 g/mol. The third kappa shape index (κ3) is 3.99. The number of rotatable bonds is 4. The molecule has 0 bridgehead atoms. The second-order valence-corrected chi connectivity index (χ2v) is 3.18. The summed E-state index contributed by atoms with van der Waals surface area (Å²) in [5.41, 5.74) is 2.01. The molecule has 0 heterocycles. The van der Waals surface area contributed by atoms with Gasteiger partial charge in [-0.1, -0.05) is 19.1 Å². The van der Waals surface area contributed by atoms with Crippen LogP contribution >= 0.6 is 0 Å². The molecule has 1 rings (SSSR count). The highest BCUT2D eigenvalue weighted by atomic mass is 16.2. The van der Waals surface area contributed by atoms with Crippen LogP contribution in [0, 0.1) is 0 Å². The van der Waals surface area contributed by atoms with Crippen LogP contribution in [0.4, 0.5) is 10.5 Å². The van der Waals surface area contributed by atoms with Gasteiger partial charge in [-0.25, -0.2) is 4.79 Å². The molecule has 4 nitrogen and oxygen atoms in total. The lowest BCUT2D eigenvalue weighted by Crippen LogP contribution is -2.24. The van der Waals surface area contributed by atoms with Crippen LogP contribution in [0.1, 0.15) is 12.5 Å². The lowest BCUT2D eigenvalue weighted by Gasteiger charge is -2.06. The number of anilines is 1. The number of benzene rings is 1. The van der Waals surface area contributed by atoms with Gasteiger partial charge in [0.05, 0.1) is 0 Å². The number of amides is 2. The minimum absolute atomic E-state index is 0.200. The van der Waals surface area contributed by atoms with Crippen LogP contribution in [0.3, 0.4) is 0 Å². The van der Waals surface area contributed by atoms with E-state index in [1.807, 2.05) is 24.3 Å². The Morgan fingerprint density at radius 2 is 1.93 bits per heavy atom. The van der Waals surface area contributed by atoms with Gasteiger partial charge in [-0.3, -0.25) is 0 Å². The van der Waals surface area contributed by atoms with E-state index in [4.69, 9.17) is 0 Å². The molecule has 0 aromatic heterocycles. The molecule has 2 amide bonds. The Bertz CT molecular complexity index is 308. The summed E-state index contributed by atoms with van der Waals surface area (Å²) in [7, 11) is 1.59. The third-order valence-corrected chi connectivity index (χ3v) is 2.02. The molecule has 0 spiro atoms. The van der Waals surface area contributed by atoms with E-state index < -0.39 is 0 Å². The standard InChI is InChI=1S/C11H17N3O/c1-3-13-8-9-4-6-10(7-5-9)14-11(15)12-2/h4-7,13H,3,8H2,1-2H3,(H2,12,14,15). The lowest BCUT2D eigenvalue weighted by atomic mass is 10.2. The quantitative estimate of drug-likeness (QED) is 0.701. The Labute approximate surface area is 90.1 Å². The summed E-state index contributed by atoms with van der Waals surface area (Å²) in [6, 6.07) is 7.57. The SMILES string of the molecule is CCNCc1ccc(NC(=O)NC)cc1. The molecule has 0 saturated heterocycles. The van der Waals surface area contributed by atoms with Crippen LogP contribution < -0.4 is 16.0 Å². The van der Waals surface area contributed by atoms with Crippen molar-refractivity contribution in [3.05, 3.63) is 29.8 Å². The first-order valence-corrected chi connectivity index (χ1v) is 5.04. The van der Waals surface area contributed by atoms with Crippen molar-refractivity contribution in [1.29, 1.82) is 0 Å². The highest BCUT2D eigenvalue weighted by Gasteiger charge is 1.97. The Morgan fingerprint density at radius 1 is 1.27 bits per heavy atom. The zero-order valence-corrected chi connectivity index (χ0v) is 9.13. The van der Waals surface area contributed by atoms with Crippen molar-refractivity contribution < 1.29 is 4.79 Å². The average molecular weight is 207 g/mol. The summed E-state index contributed by atoms with van der Waals surface area (Å²) in [6.07, 6.45) is 0. The van der Waals surface area contributed by atoms with E-state index >= 15 is 0 Å². The summed E-state index contributed by atoms with van der Waals surface area (Å²) in [4.78, 5) is 11.0. The molecule has 82 valence electrons. The van der Waals surface area contributed by atoms with E-state index in [1.54, 1.807) is 7.05 Å². The van der Waals surface area contributed by atoms with E-state index in [2.05, 4.69) is 22.9 Å². The van der Waals surface area contributed by atoms with E-state index in [0.29, 0.717) is 0 Å². The fourth-order valence-electron chi connectivity index (χ4n) is 1.17. The van der Waals surface area contributed by atoms with E-state index in [1.165, 1.54) is 5.56 Å². The van der Waals surface area contributed by atoms with Crippen molar-refractivity contribution in [2.45, 2.75) is 13.5 Å². The van der Waals surface area contributed by atoms with Crippen molar-refractivity contribution in [2.75, 3.05) is 18.9 Å². The van der Waals surface area contributed by atoms with Crippen LogP contribution in [0.2, 0.25) is 0 Å². The summed E-state index contributed by atoms with van der Waals surface area (Å²) in [5, 5.41) is 8.44. The highest BCUT2D eigenvalue weighted by molar-refractivity contribution is 5.88. The Morgan fingerprint density at radius 3 is 2.47 bits per heavy atom. The lowest BCUT2D eigenvalue weighted by molar-refractivity contribution is 0.254. The molecule has 0 saturated carbocycles. The average Bonchev–Trinajstić information content (AvgIpc) is 2.28. The van der Waals surface area contributed by atoms with Gasteiger partial charge in [-0.05, 0) is 24.2 Å². The molecule has 0 radical (unpaired) electrons. The predicted molar refractivity (Wildman–Crippen MR) is 61.9 cm³/mol. The zero-order valence-electron chi connectivity index (χ0n) is 9.13. The minimum Gasteiger partial charge on any atom is -0.341 e. The fourth-order valence-corrected chi connectivity index (χ4v) is 1.17. The first kappa shape index (κ1) is 11.5. The molecular weight excluding hydrogens is 190 g/mol. The minimum atomic E-state index is -0.200. The van der Waals surface area contributed by atoms with Crippen molar-refractivity contribution >= 4 is 11.7 Å². The Kier molecular flexibility index (Phi) is 4.63. The smallest absolute Gasteiger partial charge is 0.318 e. The molecule has 1 aromatic carbocycles. The molecule has 0 unspecified atom stereocenters.